The fraction of sp³-hybridized carbons (Fsp3) is 0.500. The van der Waals surface area contributed by atoms with Crippen LogP contribution in [0.15, 0.2) is 47.6 Å². The van der Waals surface area contributed by atoms with Crippen molar-refractivity contribution in [2.45, 2.75) is 32.4 Å². The zero-order valence-corrected chi connectivity index (χ0v) is 24.6. The van der Waals surface area contributed by atoms with E-state index < -0.39 is 0 Å². The summed E-state index contributed by atoms with van der Waals surface area (Å²) in [6.07, 6.45) is 0.500. The van der Waals surface area contributed by atoms with Crippen molar-refractivity contribution in [1.82, 2.24) is 20.1 Å². The van der Waals surface area contributed by atoms with Gasteiger partial charge in [-0.1, -0.05) is 6.07 Å². The zero-order chi connectivity index (χ0) is 29.4. The number of amides is 3. The monoisotopic (exact) mass is 567 g/mol. The number of hydrogen-bond acceptors (Lipinski definition) is 8. The molecule has 0 aromatic heterocycles. The van der Waals surface area contributed by atoms with Gasteiger partial charge in [-0.3, -0.25) is 9.69 Å². The van der Waals surface area contributed by atoms with E-state index in [4.69, 9.17) is 24.0 Å². The Balaban J connectivity index is 1.60. The molecule has 0 spiro atoms. The number of rotatable bonds is 11. The molecule has 1 fully saturated rings. The molecule has 0 aliphatic carbocycles. The molecule has 4 rings (SSSR count). The van der Waals surface area contributed by atoms with E-state index in [1.54, 1.807) is 26.2 Å². The first-order chi connectivity index (χ1) is 19.8. The number of methoxy groups -OCH3 is 3. The van der Waals surface area contributed by atoms with E-state index >= 15 is 0 Å². The summed E-state index contributed by atoms with van der Waals surface area (Å²) in [7, 11) is 4.79. The minimum absolute atomic E-state index is 0.0607. The lowest BCUT2D eigenvalue weighted by Crippen LogP contribution is -2.50. The van der Waals surface area contributed by atoms with Crippen molar-refractivity contribution in [2.75, 3.05) is 67.3 Å². The second-order valence-corrected chi connectivity index (χ2v) is 10.3. The van der Waals surface area contributed by atoms with Crippen molar-refractivity contribution >= 4 is 17.6 Å². The first-order valence-electron chi connectivity index (χ1n) is 13.9. The number of ether oxygens (including phenoxy) is 4. The number of hydrazone groups is 1. The van der Waals surface area contributed by atoms with Gasteiger partial charge in [-0.05, 0) is 61.4 Å². The highest BCUT2D eigenvalue weighted by atomic mass is 16.5. The minimum atomic E-state index is -0.381. The number of urea groups is 1. The van der Waals surface area contributed by atoms with Crippen molar-refractivity contribution < 1.29 is 28.5 Å². The van der Waals surface area contributed by atoms with E-state index in [2.05, 4.69) is 10.2 Å². The molecule has 11 nitrogen and oxygen atoms in total. The molecule has 2 heterocycles. The highest BCUT2D eigenvalue weighted by Crippen LogP contribution is 2.37. The van der Waals surface area contributed by atoms with Crippen molar-refractivity contribution in [3.63, 3.8) is 0 Å². The molecular formula is C30H41N5O6. The molecule has 3 amide bonds. The Morgan fingerprint density at radius 3 is 2.37 bits per heavy atom. The molecule has 0 bridgehead atoms. The van der Waals surface area contributed by atoms with Gasteiger partial charge in [0.25, 0.3) is 5.91 Å². The van der Waals surface area contributed by atoms with Gasteiger partial charge in [0.05, 0.1) is 46.3 Å². The number of carbonyl (C=O) groups is 2. The predicted octanol–water partition coefficient (Wildman–Crippen LogP) is 3.14. The molecular weight excluding hydrogens is 526 g/mol. The van der Waals surface area contributed by atoms with Crippen LogP contribution in [0.5, 0.6) is 17.2 Å². The molecule has 1 N–H and O–H groups in total. The standard InChI is InChI=1S/C30H41N5O6/c1-21(2)31-30(37)34(13-12-33-14-16-41-17-15-33)20-29(36)35-26(23-8-11-27(39-4)28(18-23)40-5)19-25(32-35)22-6-9-24(38-3)10-7-22/h6-11,18,21,26H,12-17,19-20H2,1-5H3,(H,31,37)/t26-/m0/s1. The fourth-order valence-electron chi connectivity index (χ4n) is 4.93. The molecule has 0 saturated carbocycles. The van der Waals surface area contributed by atoms with Crippen LogP contribution in [0.4, 0.5) is 4.79 Å². The smallest absolute Gasteiger partial charge is 0.318 e. The van der Waals surface area contributed by atoms with Gasteiger partial charge in [-0.2, -0.15) is 5.10 Å². The van der Waals surface area contributed by atoms with Crippen LogP contribution in [0, 0.1) is 0 Å². The van der Waals surface area contributed by atoms with Gasteiger partial charge in [0.1, 0.15) is 12.3 Å². The largest absolute Gasteiger partial charge is 0.497 e. The molecule has 1 saturated heterocycles. The second kappa shape index (κ2) is 14.2. The SMILES string of the molecule is COc1ccc(C2=NN(C(=O)CN(CCN3CCOCC3)C(=O)NC(C)C)[C@H](c3ccc(OC)c(OC)c3)C2)cc1. The molecule has 0 unspecified atom stereocenters. The molecule has 2 aliphatic heterocycles. The summed E-state index contributed by atoms with van der Waals surface area (Å²) in [6, 6.07) is 12.5. The van der Waals surface area contributed by atoms with Crippen molar-refractivity contribution in [2.24, 2.45) is 5.10 Å². The first-order valence-corrected chi connectivity index (χ1v) is 13.9. The van der Waals surface area contributed by atoms with Gasteiger partial charge < -0.3 is 29.2 Å². The van der Waals surface area contributed by atoms with Crippen molar-refractivity contribution in [3.05, 3.63) is 53.6 Å². The molecule has 11 heteroatoms. The fourth-order valence-corrected chi connectivity index (χ4v) is 4.93. The summed E-state index contributed by atoms with van der Waals surface area (Å²) in [6.45, 7) is 7.70. The average Bonchev–Trinajstić information content (AvgIpc) is 3.44. The predicted molar refractivity (Wildman–Crippen MR) is 156 cm³/mol. The Morgan fingerprint density at radius 1 is 1.02 bits per heavy atom. The van der Waals surface area contributed by atoms with Crippen LogP contribution in [0.1, 0.15) is 37.4 Å². The average molecular weight is 568 g/mol. The van der Waals surface area contributed by atoms with Crippen LogP contribution in [-0.2, 0) is 9.53 Å². The quantitative estimate of drug-likeness (QED) is 0.445. The van der Waals surface area contributed by atoms with Crippen LogP contribution in [0.2, 0.25) is 0 Å². The Morgan fingerprint density at radius 2 is 1.73 bits per heavy atom. The molecule has 2 aromatic carbocycles. The van der Waals surface area contributed by atoms with Gasteiger partial charge >= 0.3 is 6.03 Å². The van der Waals surface area contributed by atoms with E-state index in [-0.39, 0.29) is 30.6 Å². The molecule has 41 heavy (non-hydrogen) atoms. The molecule has 222 valence electrons. The van der Waals surface area contributed by atoms with Gasteiger partial charge in [0.2, 0.25) is 0 Å². The lowest BCUT2D eigenvalue weighted by atomic mass is 9.98. The Hall–Kier alpha value is -3.83. The van der Waals surface area contributed by atoms with Gasteiger partial charge in [-0.15, -0.1) is 0 Å². The lowest BCUT2D eigenvalue weighted by Gasteiger charge is -2.31. The van der Waals surface area contributed by atoms with Crippen LogP contribution < -0.4 is 19.5 Å². The lowest BCUT2D eigenvalue weighted by molar-refractivity contribution is -0.133. The van der Waals surface area contributed by atoms with Crippen LogP contribution >= 0.6 is 0 Å². The maximum Gasteiger partial charge on any atom is 0.318 e. The molecule has 2 aliphatic rings. The van der Waals surface area contributed by atoms with Crippen molar-refractivity contribution in [3.8, 4) is 17.2 Å². The van der Waals surface area contributed by atoms with E-state index in [0.29, 0.717) is 44.2 Å². The second-order valence-electron chi connectivity index (χ2n) is 10.3. The summed E-state index contributed by atoms with van der Waals surface area (Å²) in [5.74, 6) is 1.64. The van der Waals surface area contributed by atoms with E-state index in [1.165, 1.54) is 5.01 Å². The van der Waals surface area contributed by atoms with Crippen LogP contribution in [0.3, 0.4) is 0 Å². The summed E-state index contributed by atoms with van der Waals surface area (Å²) in [5.41, 5.74) is 2.52. The van der Waals surface area contributed by atoms with Crippen LogP contribution in [0.25, 0.3) is 0 Å². The maximum atomic E-state index is 13.9. The number of hydrogen-bond donors (Lipinski definition) is 1. The first kappa shape index (κ1) is 30.1. The van der Waals surface area contributed by atoms with Gasteiger partial charge in [0.15, 0.2) is 11.5 Å². The summed E-state index contributed by atoms with van der Waals surface area (Å²) in [4.78, 5) is 30.9. The highest BCUT2D eigenvalue weighted by molar-refractivity contribution is 6.03. The highest BCUT2D eigenvalue weighted by Gasteiger charge is 2.35. The Kier molecular flexibility index (Phi) is 10.4. The molecule has 1 atom stereocenters. The van der Waals surface area contributed by atoms with E-state index in [1.807, 2.05) is 56.3 Å². The van der Waals surface area contributed by atoms with E-state index in [0.717, 1.165) is 35.7 Å². The Bertz CT molecular complexity index is 1210. The maximum absolute atomic E-state index is 13.9. The third-order valence-electron chi connectivity index (χ3n) is 7.20. The van der Waals surface area contributed by atoms with Gasteiger partial charge in [0, 0.05) is 38.6 Å². The number of nitrogens with one attached hydrogen (secondary N) is 1. The molecule has 2 aromatic rings. The topological polar surface area (TPSA) is 105 Å². The minimum Gasteiger partial charge on any atom is -0.497 e. The Labute approximate surface area is 242 Å². The normalized spacial score (nSPS) is 17.3. The van der Waals surface area contributed by atoms with E-state index in [9.17, 15) is 9.59 Å². The summed E-state index contributed by atoms with van der Waals surface area (Å²) >= 11 is 0. The number of nitrogens with zero attached hydrogens (tertiary/aromatic N) is 4. The third kappa shape index (κ3) is 7.68. The summed E-state index contributed by atoms with van der Waals surface area (Å²) < 4.78 is 21.7. The van der Waals surface area contributed by atoms with Crippen LogP contribution in [-0.4, -0.2) is 106 Å². The van der Waals surface area contributed by atoms with Gasteiger partial charge in [-0.25, -0.2) is 9.80 Å². The summed E-state index contributed by atoms with van der Waals surface area (Å²) in [5, 5.41) is 9.24. The number of morpholine rings is 1. The molecule has 0 radical (unpaired) electrons. The zero-order valence-electron chi connectivity index (χ0n) is 24.6. The van der Waals surface area contributed by atoms with Crippen molar-refractivity contribution in [1.29, 1.82) is 0 Å². The third-order valence-corrected chi connectivity index (χ3v) is 7.20. The number of benzene rings is 2. The number of carbonyl (C=O) groups excluding carboxylic acids is 2.